The summed E-state index contributed by atoms with van der Waals surface area (Å²) in [7, 11) is 0. The van der Waals surface area contributed by atoms with Crippen LogP contribution in [0.1, 0.15) is 11.4 Å². The maximum absolute atomic E-state index is 4.46. The molecule has 0 unspecified atom stereocenters. The van der Waals surface area contributed by atoms with Crippen molar-refractivity contribution in [1.29, 1.82) is 0 Å². The smallest absolute Gasteiger partial charge is 0.192 e. The number of thioether (sulfide) groups is 1. The molecule has 5 rings (SSSR count). The van der Waals surface area contributed by atoms with Crippen molar-refractivity contribution in [2.24, 2.45) is 0 Å². The molecule has 2 aromatic carbocycles. The van der Waals surface area contributed by atoms with E-state index in [0.717, 1.165) is 28.1 Å². The molecule has 0 aliphatic heterocycles. The van der Waals surface area contributed by atoms with Crippen LogP contribution in [0.3, 0.4) is 0 Å². The molecule has 0 aliphatic carbocycles. The maximum atomic E-state index is 4.46. The number of nitrogens with zero attached hydrogens (tertiary/aromatic N) is 8. The van der Waals surface area contributed by atoms with E-state index < -0.39 is 0 Å². The third-order valence-electron chi connectivity index (χ3n) is 4.69. The first-order valence-corrected chi connectivity index (χ1v) is 10.7. The second kappa shape index (κ2) is 8.88. The van der Waals surface area contributed by atoms with Crippen molar-refractivity contribution in [2.45, 2.75) is 17.5 Å². The Morgan fingerprint density at radius 1 is 0.806 bits per heavy atom. The summed E-state index contributed by atoms with van der Waals surface area (Å²) < 4.78 is 3.85. The first-order chi connectivity index (χ1) is 15.4. The van der Waals surface area contributed by atoms with Gasteiger partial charge in [0.05, 0.1) is 18.0 Å². The van der Waals surface area contributed by atoms with Crippen LogP contribution in [-0.2, 0) is 12.3 Å². The fourth-order valence-corrected chi connectivity index (χ4v) is 4.05. The van der Waals surface area contributed by atoms with E-state index in [9.17, 15) is 0 Å². The summed E-state index contributed by atoms with van der Waals surface area (Å²) in [5.74, 6) is 2.08. The molecule has 0 saturated heterocycles. The van der Waals surface area contributed by atoms with Crippen molar-refractivity contribution in [2.75, 3.05) is 0 Å². The fourth-order valence-electron chi connectivity index (χ4n) is 3.21. The minimum Gasteiger partial charge on any atom is -0.297 e. The zero-order chi connectivity index (χ0) is 20.9. The lowest BCUT2D eigenvalue weighted by molar-refractivity contribution is 0.713. The highest BCUT2D eigenvalue weighted by Gasteiger charge is 2.17. The molecule has 0 bridgehead atoms. The van der Waals surface area contributed by atoms with Gasteiger partial charge in [0, 0.05) is 18.0 Å². The van der Waals surface area contributed by atoms with Gasteiger partial charge in [-0.1, -0.05) is 60.3 Å². The zero-order valence-corrected chi connectivity index (χ0v) is 17.3. The highest BCUT2D eigenvalue weighted by molar-refractivity contribution is 7.98. The number of hydrogen-bond acceptors (Lipinski definition) is 7. The Morgan fingerprint density at radius 3 is 2.39 bits per heavy atom. The zero-order valence-electron chi connectivity index (χ0n) is 16.5. The Bertz CT molecular complexity index is 1250. The summed E-state index contributed by atoms with van der Waals surface area (Å²) in [6.07, 6.45) is 3.55. The molecule has 0 saturated carbocycles. The first-order valence-electron chi connectivity index (χ1n) is 9.71. The van der Waals surface area contributed by atoms with Crippen molar-refractivity contribution in [1.82, 2.24) is 40.0 Å². The minimum atomic E-state index is 0.557. The van der Waals surface area contributed by atoms with E-state index in [1.54, 1.807) is 28.8 Å². The normalized spacial score (nSPS) is 11.0. The molecule has 0 spiro atoms. The fraction of sp³-hybridized carbons (Fsp3) is 0.0909. The number of aromatic nitrogens is 8. The molecular weight excluding hydrogens is 408 g/mol. The molecule has 8 nitrogen and oxygen atoms in total. The van der Waals surface area contributed by atoms with Gasteiger partial charge in [-0.25, -0.2) is 0 Å². The van der Waals surface area contributed by atoms with Crippen LogP contribution in [0.5, 0.6) is 0 Å². The second-order valence-corrected chi connectivity index (χ2v) is 7.69. The molecule has 31 heavy (non-hydrogen) atoms. The topological polar surface area (TPSA) is 87.2 Å². The SMILES string of the molecule is c1ccc(Cn2c(SCc3nnnn3-c3ccccc3)nnc2-c2cccnc2)cc1. The number of para-hydroxylation sites is 1. The third-order valence-corrected chi connectivity index (χ3v) is 5.65. The van der Waals surface area contributed by atoms with Crippen molar-refractivity contribution in [3.63, 3.8) is 0 Å². The molecule has 0 fully saturated rings. The van der Waals surface area contributed by atoms with Gasteiger partial charge in [-0.05, 0) is 40.3 Å². The second-order valence-electron chi connectivity index (χ2n) is 6.75. The van der Waals surface area contributed by atoms with Gasteiger partial charge in [0.15, 0.2) is 16.8 Å². The summed E-state index contributed by atoms with van der Waals surface area (Å²) in [6.45, 7) is 0.657. The number of benzene rings is 2. The van der Waals surface area contributed by atoms with Crippen LogP contribution in [0, 0.1) is 0 Å². The summed E-state index contributed by atoms with van der Waals surface area (Å²) in [6, 6.07) is 24.0. The lowest BCUT2D eigenvalue weighted by Gasteiger charge is -2.10. The van der Waals surface area contributed by atoms with Crippen molar-refractivity contribution in [3.05, 3.63) is 96.6 Å². The lowest BCUT2D eigenvalue weighted by atomic mass is 10.2. The van der Waals surface area contributed by atoms with Gasteiger partial charge < -0.3 is 0 Å². The van der Waals surface area contributed by atoms with Crippen LogP contribution in [0.4, 0.5) is 0 Å². The standard InChI is InChI=1S/C22H18N8S/c1-3-8-17(9-4-1)15-29-21(18-10-7-13-23-14-18)25-26-22(29)31-16-20-24-27-28-30(20)19-11-5-2-6-12-19/h1-14H,15-16H2. The van der Waals surface area contributed by atoms with Crippen LogP contribution in [0.25, 0.3) is 17.1 Å². The number of tetrazole rings is 1. The lowest BCUT2D eigenvalue weighted by Crippen LogP contribution is -2.05. The molecule has 0 radical (unpaired) electrons. The van der Waals surface area contributed by atoms with E-state index in [1.807, 2.05) is 60.7 Å². The van der Waals surface area contributed by atoms with Crippen molar-refractivity contribution >= 4 is 11.8 Å². The summed E-state index contributed by atoms with van der Waals surface area (Å²) in [4.78, 5) is 4.23. The van der Waals surface area contributed by atoms with Crippen LogP contribution in [0.2, 0.25) is 0 Å². The van der Waals surface area contributed by atoms with E-state index in [-0.39, 0.29) is 0 Å². The van der Waals surface area contributed by atoms with Gasteiger partial charge in [0.25, 0.3) is 0 Å². The average molecular weight is 427 g/mol. The highest BCUT2D eigenvalue weighted by Crippen LogP contribution is 2.27. The van der Waals surface area contributed by atoms with E-state index in [0.29, 0.717) is 12.3 Å². The largest absolute Gasteiger partial charge is 0.297 e. The molecule has 5 aromatic rings. The Morgan fingerprint density at radius 2 is 1.61 bits per heavy atom. The molecular formula is C22H18N8S. The van der Waals surface area contributed by atoms with E-state index in [2.05, 4.69) is 47.4 Å². The quantitative estimate of drug-likeness (QED) is 0.367. The molecule has 9 heteroatoms. The molecule has 0 N–H and O–H groups in total. The molecule has 0 aliphatic rings. The van der Waals surface area contributed by atoms with Gasteiger partial charge in [0.2, 0.25) is 0 Å². The van der Waals surface area contributed by atoms with Crippen molar-refractivity contribution in [3.8, 4) is 17.1 Å². The predicted molar refractivity (Wildman–Crippen MR) is 118 cm³/mol. The number of rotatable bonds is 7. The molecule has 0 atom stereocenters. The minimum absolute atomic E-state index is 0.557. The Labute approximate surface area is 183 Å². The van der Waals surface area contributed by atoms with Gasteiger partial charge in [-0.15, -0.1) is 15.3 Å². The van der Waals surface area contributed by atoms with Crippen molar-refractivity contribution < 1.29 is 0 Å². The Balaban J connectivity index is 1.45. The maximum Gasteiger partial charge on any atom is 0.192 e. The average Bonchev–Trinajstić information content (AvgIpc) is 3.46. The van der Waals surface area contributed by atoms with Crippen LogP contribution >= 0.6 is 11.8 Å². The van der Waals surface area contributed by atoms with E-state index >= 15 is 0 Å². The Kier molecular flexibility index (Phi) is 5.48. The molecule has 3 aromatic heterocycles. The molecule has 152 valence electrons. The summed E-state index contributed by atoms with van der Waals surface area (Å²) in [5, 5.41) is 21.9. The first kappa shape index (κ1) is 19.1. The van der Waals surface area contributed by atoms with E-state index in [4.69, 9.17) is 0 Å². The van der Waals surface area contributed by atoms with Gasteiger partial charge in [0.1, 0.15) is 0 Å². The third kappa shape index (κ3) is 4.22. The van der Waals surface area contributed by atoms with Gasteiger partial charge in [-0.2, -0.15) is 4.68 Å². The van der Waals surface area contributed by atoms with Crippen LogP contribution in [-0.4, -0.2) is 40.0 Å². The van der Waals surface area contributed by atoms with Gasteiger partial charge in [-0.3, -0.25) is 9.55 Å². The summed E-state index contributed by atoms with van der Waals surface area (Å²) >= 11 is 1.55. The number of pyridine rings is 1. The van der Waals surface area contributed by atoms with Gasteiger partial charge >= 0.3 is 0 Å². The monoisotopic (exact) mass is 426 g/mol. The highest BCUT2D eigenvalue weighted by atomic mass is 32.2. The molecule has 3 heterocycles. The predicted octanol–water partition coefficient (Wildman–Crippen LogP) is 3.66. The number of hydrogen-bond donors (Lipinski definition) is 0. The van der Waals surface area contributed by atoms with E-state index in [1.165, 1.54) is 5.56 Å². The van der Waals surface area contributed by atoms with Crippen LogP contribution in [0.15, 0.2) is 90.3 Å². The van der Waals surface area contributed by atoms with Crippen LogP contribution < -0.4 is 0 Å². The molecule has 0 amide bonds. The summed E-state index contributed by atoms with van der Waals surface area (Å²) in [5.41, 5.74) is 3.01. The Hall–Kier alpha value is -3.85.